The monoisotopic (exact) mass is 218 g/mol. The lowest BCUT2D eigenvalue weighted by atomic mass is 10.3. The first kappa shape index (κ1) is 9.97. The third-order valence-electron chi connectivity index (χ3n) is 2.04. The van der Waals surface area contributed by atoms with Crippen molar-refractivity contribution >= 4 is 11.3 Å². The van der Waals surface area contributed by atoms with Crippen LogP contribution in [0, 0.1) is 12.3 Å². The maximum Gasteiger partial charge on any atom is 0.103 e. The standard InChI is InChI=1S/C11H10N2OS/c1-2-5-13-9(8-14)7-10(12-13)11-4-3-6-15-11/h1,3-4,6-7,14H,5,8H2. The Labute approximate surface area is 92.0 Å². The SMILES string of the molecule is C#CCn1nc(-c2cccs2)cc1CO. The van der Waals surface area contributed by atoms with E-state index in [0.717, 1.165) is 16.3 Å². The van der Waals surface area contributed by atoms with Gasteiger partial charge in [0.15, 0.2) is 0 Å². The van der Waals surface area contributed by atoms with Crippen molar-refractivity contribution in [3.05, 3.63) is 29.3 Å². The van der Waals surface area contributed by atoms with Gasteiger partial charge in [-0.1, -0.05) is 12.0 Å². The molecule has 0 amide bonds. The summed E-state index contributed by atoms with van der Waals surface area (Å²) in [4.78, 5) is 1.08. The highest BCUT2D eigenvalue weighted by Gasteiger charge is 2.08. The minimum Gasteiger partial charge on any atom is -0.390 e. The molecule has 0 saturated carbocycles. The first-order valence-electron chi connectivity index (χ1n) is 4.50. The molecular weight excluding hydrogens is 208 g/mol. The zero-order valence-corrected chi connectivity index (χ0v) is 8.87. The Morgan fingerprint density at radius 2 is 2.47 bits per heavy atom. The number of hydrogen-bond acceptors (Lipinski definition) is 3. The molecule has 0 bridgehead atoms. The van der Waals surface area contributed by atoms with Crippen LogP contribution in [0.25, 0.3) is 10.6 Å². The largest absolute Gasteiger partial charge is 0.390 e. The minimum absolute atomic E-state index is 0.0416. The van der Waals surface area contributed by atoms with Gasteiger partial charge in [-0.25, -0.2) is 0 Å². The first-order valence-corrected chi connectivity index (χ1v) is 5.38. The summed E-state index contributed by atoms with van der Waals surface area (Å²) in [5.74, 6) is 2.51. The molecule has 0 unspecified atom stereocenters. The average Bonchev–Trinajstić information content (AvgIpc) is 2.84. The van der Waals surface area contributed by atoms with Crippen molar-refractivity contribution in [2.75, 3.05) is 0 Å². The number of hydrogen-bond donors (Lipinski definition) is 1. The number of rotatable bonds is 3. The van der Waals surface area contributed by atoms with Crippen LogP contribution in [0.5, 0.6) is 0 Å². The number of aromatic nitrogens is 2. The normalized spacial score (nSPS) is 10.1. The molecule has 76 valence electrons. The molecule has 2 rings (SSSR count). The van der Waals surface area contributed by atoms with Crippen LogP contribution in [0.4, 0.5) is 0 Å². The van der Waals surface area contributed by atoms with E-state index in [0.29, 0.717) is 6.54 Å². The molecule has 0 atom stereocenters. The smallest absolute Gasteiger partial charge is 0.103 e. The summed E-state index contributed by atoms with van der Waals surface area (Å²) in [6, 6.07) is 5.83. The third-order valence-corrected chi connectivity index (χ3v) is 2.93. The lowest BCUT2D eigenvalue weighted by Crippen LogP contribution is -2.03. The first-order chi connectivity index (χ1) is 7.35. The van der Waals surface area contributed by atoms with E-state index >= 15 is 0 Å². The molecule has 0 fully saturated rings. The summed E-state index contributed by atoms with van der Waals surface area (Å²) < 4.78 is 1.65. The molecule has 0 aliphatic carbocycles. The van der Waals surface area contributed by atoms with E-state index in [1.807, 2.05) is 23.6 Å². The van der Waals surface area contributed by atoms with E-state index in [1.54, 1.807) is 16.0 Å². The van der Waals surface area contributed by atoms with Crippen LogP contribution in [0.3, 0.4) is 0 Å². The van der Waals surface area contributed by atoms with Gasteiger partial charge in [-0.3, -0.25) is 4.68 Å². The van der Waals surface area contributed by atoms with Crippen LogP contribution < -0.4 is 0 Å². The zero-order chi connectivity index (χ0) is 10.7. The molecule has 0 aliphatic rings. The topological polar surface area (TPSA) is 38.0 Å². The quantitative estimate of drug-likeness (QED) is 0.797. The van der Waals surface area contributed by atoms with Crippen LogP contribution >= 0.6 is 11.3 Å². The van der Waals surface area contributed by atoms with Crippen molar-refractivity contribution < 1.29 is 5.11 Å². The van der Waals surface area contributed by atoms with E-state index in [2.05, 4.69) is 11.0 Å². The van der Waals surface area contributed by atoms with E-state index in [1.165, 1.54) is 0 Å². The molecule has 0 saturated heterocycles. The highest BCUT2D eigenvalue weighted by Crippen LogP contribution is 2.24. The Hall–Kier alpha value is -1.57. The summed E-state index contributed by atoms with van der Waals surface area (Å²) in [6.45, 7) is 0.349. The van der Waals surface area contributed by atoms with Gasteiger partial charge in [0.05, 0.1) is 17.2 Å². The minimum atomic E-state index is -0.0416. The molecule has 0 spiro atoms. The fourth-order valence-electron chi connectivity index (χ4n) is 1.35. The van der Waals surface area contributed by atoms with Crippen molar-refractivity contribution in [1.29, 1.82) is 0 Å². The molecule has 0 aromatic carbocycles. The summed E-state index contributed by atoms with van der Waals surface area (Å²) in [7, 11) is 0. The summed E-state index contributed by atoms with van der Waals surface area (Å²) in [5.41, 5.74) is 1.61. The van der Waals surface area contributed by atoms with Crippen molar-refractivity contribution in [2.24, 2.45) is 0 Å². The number of aliphatic hydroxyl groups is 1. The zero-order valence-electron chi connectivity index (χ0n) is 8.05. The number of terminal acetylenes is 1. The van der Waals surface area contributed by atoms with E-state index < -0.39 is 0 Å². The summed E-state index contributed by atoms with van der Waals surface area (Å²) in [6.07, 6.45) is 5.22. The van der Waals surface area contributed by atoms with E-state index in [4.69, 9.17) is 11.5 Å². The molecule has 2 aromatic rings. The lowest BCUT2D eigenvalue weighted by molar-refractivity contribution is 0.269. The Morgan fingerprint density at radius 1 is 1.60 bits per heavy atom. The number of thiophene rings is 1. The Balaban J connectivity index is 2.39. The molecule has 0 radical (unpaired) electrons. The number of aliphatic hydroxyl groups excluding tert-OH is 1. The lowest BCUT2D eigenvalue weighted by Gasteiger charge is -1.98. The number of nitrogens with zero attached hydrogens (tertiary/aromatic N) is 2. The molecule has 15 heavy (non-hydrogen) atoms. The van der Waals surface area contributed by atoms with Gasteiger partial charge < -0.3 is 5.11 Å². The van der Waals surface area contributed by atoms with Gasteiger partial charge in [0.2, 0.25) is 0 Å². The maximum atomic E-state index is 9.13. The van der Waals surface area contributed by atoms with Crippen molar-refractivity contribution in [1.82, 2.24) is 9.78 Å². The predicted molar refractivity (Wildman–Crippen MR) is 60.3 cm³/mol. The van der Waals surface area contributed by atoms with Gasteiger partial charge in [0, 0.05) is 0 Å². The van der Waals surface area contributed by atoms with Gasteiger partial charge in [0.1, 0.15) is 12.2 Å². The molecule has 1 N–H and O–H groups in total. The fraction of sp³-hybridized carbons (Fsp3) is 0.182. The van der Waals surface area contributed by atoms with Gasteiger partial charge >= 0.3 is 0 Å². The van der Waals surface area contributed by atoms with E-state index in [-0.39, 0.29) is 6.61 Å². The van der Waals surface area contributed by atoms with Crippen LogP contribution in [-0.4, -0.2) is 14.9 Å². The molecule has 2 heterocycles. The Kier molecular flexibility index (Phi) is 2.86. The third kappa shape index (κ3) is 1.94. The maximum absolute atomic E-state index is 9.13. The van der Waals surface area contributed by atoms with Gasteiger partial charge in [-0.15, -0.1) is 17.8 Å². The predicted octanol–water partition coefficient (Wildman–Crippen LogP) is 1.74. The molecule has 4 heteroatoms. The fourth-order valence-corrected chi connectivity index (χ4v) is 2.03. The van der Waals surface area contributed by atoms with Gasteiger partial charge in [-0.2, -0.15) is 5.10 Å². The highest BCUT2D eigenvalue weighted by atomic mass is 32.1. The van der Waals surface area contributed by atoms with Gasteiger partial charge in [-0.05, 0) is 17.5 Å². The van der Waals surface area contributed by atoms with Gasteiger partial charge in [0.25, 0.3) is 0 Å². The molecule has 0 aliphatic heterocycles. The van der Waals surface area contributed by atoms with Crippen LogP contribution in [0.2, 0.25) is 0 Å². The Bertz CT molecular complexity index is 479. The molecule has 2 aromatic heterocycles. The Morgan fingerprint density at radius 3 is 3.07 bits per heavy atom. The van der Waals surface area contributed by atoms with Crippen LogP contribution in [0.1, 0.15) is 5.69 Å². The van der Waals surface area contributed by atoms with Crippen LogP contribution in [-0.2, 0) is 13.2 Å². The van der Waals surface area contributed by atoms with Crippen LogP contribution in [0.15, 0.2) is 23.6 Å². The molecular formula is C11H10N2OS. The second kappa shape index (κ2) is 4.30. The second-order valence-electron chi connectivity index (χ2n) is 3.02. The van der Waals surface area contributed by atoms with Crippen molar-refractivity contribution in [2.45, 2.75) is 13.2 Å². The van der Waals surface area contributed by atoms with Crippen molar-refractivity contribution in [3.8, 4) is 22.9 Å². The second-order valence-corrected chi connectivity index (χ2v) is 3.97. The average molecular weight is 218 g/mol. The summed E-state index contributed by atoms with van der Waals surface area (Å²) in [5, 5.41) is 15.5. The van der Waals surface area contributed by atoms with Crippen molar-refractivity contribution in [3.63, 3.8) is 0 Å². The van der Waals surface area contributed by atoms with E-state index in [9.17, 15) is 0 Å². The summed E-state index contributed by atoms with van der Waals surface area (Å²) >= 11 is 1.62. The molecule has 3 nitrogen and oxygen atoms in total. The highest BCUT2D eigenvalue weighted by molar-refractivity contribution is 7.13.